The molecule has 0 atom stereocenters. The highest BCUT2D eigenvalue weighted by molar-refractivity contribution is 7.21. The van der Waals surface area contributed by atoms with Crippen LogP contribution in [0.15, 0.2) is 18.2 Å². The zero-order chi connectivity index (χ0) is 13.5. The van der Waals surface area contributed by atoms with Gasteiger partial charge in [-0.05, 0) is 6.07 Å². The molecule has 0 unspecified atom stereocenters. The summed E-state index contributed by atoms with van der Waals surface area (Å²) in [7, 11) is 1.04. The lowest BCUT2D eigenvalue weighted by molar-refractivity contribution is -0.136. The van der Waals surface area contributed by atoms with E-state index in [2.05, 4.69) is 4.74 Å². The largest absolute Gasteiger partial charge is 0.465 e. The molecule has 0 saturated heterocycles. The van der Waals surface area contributed by atoms with Crippen LogP contribution in [0.4, 0.5) is 13.2 Å². The van der Waals surface area contributed by atoms with E-state index in [1.54, 1.807) is 0 Å². The minimum absolute atomic E-state index is 0.0830. The minimum atomic E-state index is -4.63. The highest BCUT2D eigenvalue weighted by Gasteiger charge is 2.39. The summed E-state index contributed by atoms with van der Waals surface area (Å²) >= 11 is 6.51. The van der Waals surface area contributed by atoms with E-state index >= 15 is 0 Å². The van der Waals surface area contributed by atoms with Crippen LogP contribution in [-0.2, 0) is 10.9 Å². The van der Waals surface area contributed by atoms with E-state index in [1.807, 2.05) is 0 Å². The van der Waals surface area contributed by atoms with Crippen LogP contribution in [0, 0.1) is 0 Å². The molecule has 0 aliphatic rings. The van der Waals surface area contributed by atoms with Gasteiger partial charge in [0.15, 0.2) is 0 Å². The predicted octanol–water partition coefficient (Wildman–Crippen LogP) is 4.36. The molecular formula is C11H6ClF3O2S. The van der Waals surface area contributed by atoms with E-state index in [-0.39, 0.29) is 15.1 Å². The summed E-state index contributed by atoms with van der Waals surface area (Å²) in [4.78, 5) is 10.9. The first-order chi connectivity index (χ1) is 8.36. The topological polar surface area (TPSA) is 26.3 Å². The molecule has 0 radical (unpaired) electrons. The summed E-state index contributed by atoms with van der Waals surface area (Å²) in [6, 6.07) is 4.17. The zero-order valence-electron chi connectivity index (χ0n) is 8.97. The fourth-order valence-electron chi connectivity index (χ4n) is 1.60. The SMILES string of the molecule is COC(=O)c1sc2c(Cl)cccc2c1C(F)(F)F. The third-order valence-electron chi connectivity index (χ3n) is 2.32. The predicted molar refractivity (Wildman–Crippen MR) is 63.2 cm³/mol. The van der Waals surface area contributed by atoms with Crippen molar-refractivity contribution in [1.82, 2.24) is 0 Å². The monoisotopic (exact) mass is 294 g/mol. The van der Waals surface area contributed by atoms with E-state index < -0.39 is 22.6 Å². The third kappa shape index (κ3) is 2.06. The summed E-state index contributed by atoms with van der Waals surface area (Å²) in [5.41, 5.74) is -0.989. The summed E-state index contributed by atoms with van der Waals surface area (Å²) in [6.45, 7) is 0. The molecule has 0 amide bonds. The summed E-state index contributed by atoms with van der Waals surface area (Å²) in [6.07, 6.45) is -4.63. The van der Waals surface area contributed by atoms with Gasteiger partial charge in [-0.3, -0.25) is 0 Å². The molecule has 1 aromatic carbocycles. The standard InChI is InChI=1S/C11H6ClF3O2S/c1-17-10(16)9-7(11(13,14)15)5-3-2-4-6(12)8(5)18-9/h2-4H,1H3. The van der Waals surface area contributed by atoms with E-state index in [4.69, 9.17) is 11.6 Å². The van der Waals surface area contributed by atoms with Gasteiger partial charge in [-0.15, -0.1) is 11.3 Å². The van der Waals surface area contributed by atoms with Gasteiger partial charge in [0.2, 0.25) is 0 Å². The Balaban J connectivity index is 2.85. The Morgan fingerprint density at radius 2 is 2.06 bits per heavy atom. The fourth-order valence-corrected chi connectivity index (χ4v) is 3.04. The number of hydrogen-bond acceptors (Lipinski definition) is 3. The maximum absolute atomic E-state index is 13.0. The molecule has 1 aromatic heterocycles. The number of fused-ring (bicyclic) bond motifs is 1. The number of hydrogen-bond donors (Lipinski definition) is 0. The highest BCUT2D eigenvalue weighted by atomic mass is 35.5. The molecule has 2 rings (SSSR count). The molecule has 0 N–H and O–H groups in total. The maximum Gasteiger partial charge on any atom is 0.418 e. The molecule has 0 aliphatic heterocycles. The van der Waals surface area contributed by atoms with Crippen LogP contribution in [0.5, 0.6) is 0 Å². The van der Waals surface area contributed by atoms with Crippen molar-refractivity contribution in [3.8, 4) is 0 Å². The first kappa shape index (κ1) is 13.2. The van der Waals surface area contributed by atoms with E-state index in [0.29, 0.717) is 11.3 Å². The number of esters is 1. The second-order valence-electron chi connectivity index (χ2n) is 3.41. The number of benzene rings is 1. The van der Waals surface area contributed by atoms with Crippen LogP contribution in [0.2, 0.25) is 5.02 Å². The normalized spacial score (nSPS) is 11.8. The first-order valence-corrected chi connectivity index (χ1v) is 5.92. The van der Waals surface area contributed by atoms with Crippen LogP contribution >= 0.6 is 22.9 Å². The van der Waals surface area contributed by atoms with Crippen molar-refractivity contribution < 1.29 is 22.7 Å². The number of methoxy groups -OCH3 is 1. The summed E-state index contributed by atoms with van der Waals surface area (Å²) in [5.74, 6) is -1.01. The molecule has 2 nitrogen and oxygen atoms in total. The Labute approximate surface area is 109 Å². The number of rotatable bonds is 1. The van der Waals surface area contributed by atoms with Gasteiger partial charge < -0.3 is 4.74 Å². The number of carbonyl (C=O) groups is 1. The van der Waals surface area contributed by atoms with Crippen molar-refractivity contribution >= 4 is 39.0 Å². The van der Waals surface area contributed by atoms with Crippen molar-refractivity contribution in [1.29, 1.82) is 0 Å². The average Bonchev–Trinajstić information content (AvgIpc) is 2.68. The Hall–Kier alpha value is -1.27. The first-order valence-electron chi connectivity index (χ1n) is 4.72. The van der Waals surface area contributed by atoms with Gasteiger partial charge in [0, 0.05) is 5.39 Å². The van der Waals surface area contributed by atoms with Gasteiger partial charge in [-0.2, -0.15) is 13.2 Å². The van der Waals surface area contributed by atoms with E-state index in [9.17, 15) is 18.0 Å². The van der Waals surface area contributed by atoms with Crippen molar-refractivity contribution in [3.05, 3.63) is 33.7 Å². The van der Waals surface area contributed by atoms with E-state index in [1.165, 1.54) is 18.2 Å². The lowest BCUT2D eigenvalue weighted by Gasteiger charge is -2.07. The average molecular weight is 295 g/mol. The molecule has 2 aromatic rings. The van der Waals surface area contributed by atoms with E-state index in [0.717, 1.165) is 7.11 Å². The molecule has 7 heteroatoms. The minimum Gasteiger partial charge on any atom is -0.465 e. The number of alkyl halides is 3. The van der Waals surface area contributed by atoms with Crippen LogP contribution in [0.25, 0.3) is 10.1 Å². The molecule has 18 heavy (non-hydrogen) atoms. The number of carbonyl (C=O) groups excluding carboxylic acids is 1. The lowest BCUT2D eigenvalue weighted by atomic mass is 10.1. The summed E-state index contributed by atoms with van der Waals surface area (Å²) < 4.78 is 43.6. The number of ether oxygens (including phenoxy) is 1. The quantitative estimate of drug-likeness (QED) is 0.731. The third-order valence-corrected chi connectivity index (χ3v) is 3.97. The van der Waals surface area contributed by atoms with Crippen molar-refractivity contribution in [2.75, 3.05) is 7.11 Å². The molecule has 0 bridgehead atoms. The van der Waals surface area contributed by atoms with Crippen LogP contribution < -0.4 is 0 Å². The van der Waals surface area contributed by atoms with Crippen LogP contribution in [-0.4, -0.2) is 13.1 Å². The second-order valence-corrected chi connectivity index (χ2v) is 4.84. The van der Waals surface area contributed by atoms with Gasteiger partial charge in [-0.1, -0.05) is 23.7 Å². The fraction of sp³-hybridized carbons (Fsp3) is 0.182. The maximum atomic E-state index is 13.0. The van der Waals surface area contributed by atoms with Gasteiger partial charge in [0.1, 0.15) is 4.88 Å². The van der Waals surface area contributed by atoms with Gasteiger partial charge in [0.05, 0.1) is 22.4 Å². The summed E-state index contributed by atoms with van der Waals surface area (Å²) in [5, 5.41) is 0.0959. The highest BCUT2D eigenvalue weighted by Crippen LogP contribution is 2.44. The molecule has 96 valence electrons. The molecular weight excluding hydrogens is 289 g/mol. The number of thiophene rings is 1. The van der Waals surface area contributed by atoms with Crippen LogP contribution in [0.1, 0.15) is 15.2 Å². The Kier molecular flexibility index (Phi) is 3.25. The smallest absolute Gasteiger partial charge is 0.418 e. The van der Waals surface area contributed by atoms with Gasteiger partial charge >= 0.3 is 12.1 Å². The van der Waals surface area contributed by atoms with Crippen molar-refractivity contribution in [2.45, 2.75) is 6.18 Å². The molecule has 0 saturated carbocycles. The molecule has 0 fully saturated rings. The Bertz CT molecular complexity index is 619. The van der Waals surface area contributed by atoms with Gasteiger partial charge in [0.25, 0.3) is 0 Å². The number of halogens is 4. The van der Waals surface area contributed by atoms with Crippen molar-refractivity contribution in [3.63, 3.8) is 0 Å². The van der Waals surface area contributed by atoms with Crippen LogP contribution in [0.3, 0.4) is 0 Å². The zero-order valence-corrected chi connectivity index (χ0v) is 10.5. The molecule has 0 aliphatic carbocycles. The van der Waals surface area contributed by atoms with Crippen molar-refractivity contribution in [2.24, 2.45) is 0 Å². The molecule has 1 heterocycles. The Morgan fingerprint density at radius 3 is 2.61 bits per heavy atom. The Morgan fingerprint density at radius 1 is 1.39 bits per heavy atom. The lowest BCUT2D eigenvalue weighted by Crippen LogP contribution is -2.11. The van der Waals surface area contributed by atoms with Gasteiger partial charge in [-0.25, -0.2) is 4.79 Å². The molecule has 0 spiro atoms. The second kappa shape index (κ2) is 4.44.